The number of carbonyl (C=O) groups is 1. The minimum Gasteiger partial charge on any atom is -0.373 e. The zero-order chi connectivity index (χ0) is 23.0. The van der Waals surface area contributed by atoms with Crippen LogP contribution in [0.3, 0.4) is 0 Å². The Labute approximate surface area is 189 Å². The van der Waals surface area contributed by atoms with Gasteiger partial charge in [-0.25, -0.2) is 15.0 Å². The molecule has 1 fully saturated rings. The highest BCUT2D eigenvalue weighted by molar-refractivity contribution is 5.87. The average molecular weight is 446 g/mol. The summed E-state index contributed by atoms with van der Waals surface area (Å²) in [5.74, 6) is 0.181. The Hall–Kier alpha value is -4.12. The molecule has 5 heterocycles. The Morgan fingerprint density at radius 1 is 1.15 bits per heavy atom. The van der Waals surface area contributed by atoms with E-state index in [9.17, 15) is 9.90 Å². The van der Waals surface area contributed by atoms with Crippen molar-refractivity contribution in [1.29, 1.82) is 0 Å². The van der Waals surface area contributed by atoms with Crippen LogP contribution in [0.15, 0.2) is 53.4 Å². The fraction of sp³-hybridized carbons (Fsp3) is 0.273. The predicted octanol–water partition coefficient (Wildman–Crippen LogP) is 1.59. The zero-order valence-electron chi connectivity index (χ0n) is 18.1. The second kappa shape index (κ2) is 8.10. The van der Waals surface area contributed by atoms with Crippen molar-refractivity contribution in [3.63, 3.8) is 0 Å². The number of rotatable bonds is 6. The van der Waals surface area contributed by atoms with Crippen molar-refractivity contribution in [1.82, 2.24) is 34.8 Å². The van der Waals surface area contributed by atoms with Crippen molar-refractivity contribution < 1.29 is 14.4 Å². The highest BCUT2D eigenvalue weighted by atomic mass is 16.5. The monoisotopic (exact) mass is 446 g/mol. The van der Waals surface area contributed by atoms with Crippen molar-refractivity contribution in [2.75, 3.05) is 18.9 Å². The molecule has 5 rings (SSSR count). The zero-order valence-corrected chi connectivity index (χ0v) is 18.1. The van der Waals surface area contributed by atoms with E-state index in [1.807, 2.05) is 25.4 Å². The fourth-order valence-electron chi connectivity index (χ4n) is 3.72. The number of hydrogen-bond donors (Lipinski definition) is 2. The molecule has 1 aliphatic rings. The summed E-state index contributed by atoms with van der Waals surface area (Å²) in [5.41, 5.74) is 1.54. The molecule has 11 heteroatoms. The number of likely N-dealkylation sites (tertiary alicyclic amines) is 1. The minimum absolute atomic E-state index is 0.114. The van der Waals surface area contributed by atoms with Crippen LogP contribution in [0.4, 0.5) is 5.95 Å². The molecular weight excluding hydrogens is 424 g/mol. The number of hydrogen-bond acceptors (Lipinski definition) is 9. The van der Waals surface area contributed by atoms with Gasteiger partial charge in [0.1, 0.15) is 5.69 Å². The third-order valence-corrected chi connectivity index (χ3v) is 5.57. The van der Waals surface area contributed by atoms with Crippen molar-refractivity contribution in [2.45, 2.75) is 18.6 Å². The molecule has 0 radical (unpaired) electrons. The Morgan fingerprint density at radius 3 is 2.67 bits per heavy atom. The Kier molecular flexibility index (Phi) is 5.09. The summed E-state index contributed by atoms with van der Waals surface area (Å²) < 4.78 is 7.07. The van der Waals surface area contributed by atoms with Crippen LogP contribution in [0.5, 0.6) is 0 Å². The van der Waals surface area contributed by atoms with Gasteiger partial charge in [0.2, 0.25) is 11.5 Å². The number of nitrogens with zero attached hydrogens (tertiary/aromatic N) is 7. The quantitative estimate of drug-likeness (QED) is 0.452. The van der Waals surface area contributed by atoms with Crippen LogP contribution in [0.1, 0.15) is 17.7 Å². The van der Waals surface area contributed by atoms with E-state index in [1.54, 1.807) is 42.3 Å². The summed E-state index contributed by atoms with van der Waals surface area (Å²) in [5, 5.41) is 22.1. The first-order chi connectivity index (χ1) is 15.9. The molecule has 168 valence electrons. The molecule has 1 atom stereocenters. The maximum Gasteiger partial charge on any atom is 0.262 e. The van der Waals surface area contributed by atoms with Gasteiger partial charge >= 0.3 is 0 Å². The fourth-order valence-corrected chi connectivity index (χ4v) is 3.72. The van der Waals surface area contributed by atoms with Gasteiger partial charge in [0, 0.05) is 57.6 Å². The van der Waals surface area contributed by atoms with Gasteiger partial charge < -0.3 is 19.8 Å². The van der Waals surface area contributed by atoms with E-state index in [2.05, 4.69) is 30.5 Å². The number of aryl methyl sites for hydroxylation is 1. The van der Waals surface area contributed by atoms with Crippen molar-refractivity contribution >= 4 is 11.9 Å². The molecule has 4 aromatic rings. The summed E-state index contributed by atoms with van der Waals surface area (Å²) in [6.45, 7) is 0.993. The number of anilines is 1. The molecule has 0 aromatic carbocycles. The van der Waals surface area contributed by atoms with Crippen LogP contribution in [0.2, 0.25) is 0 Å². The molecule has 33 heavy (non-hydrogen) atoms. The van der Waals surface area contributed by atoms with E-state index >= 15 is 0 Å². The number of carbonyl (C=O) groups excluding carboxylic acids is 1. The van der Waals surface area contributed by atoms with Gasteiger partial charge in [-0.3, -0.25) is 9.48 Å². The highest BCUT2D eigenvalue weighted by Gasteiger charge is 2.48. The van der Waals surface area contributed by atoms with Gasteiger partial charge in [0.15, 0.2) is 5.76 Å². The standard InChI is InChI=1S/C22H22N8O3/c1-29-9-7-22(32,20(29)31)19-10-18(28-33-19)16-5-3-4-15(26-16)17-6-8-23-21(27-17)24-11-14-12-25-30(2)13-14/h3-6,8,10,12-13,32H,7,9,11H2,1-2H3,(H,23,24,27). The lowest BCUT2D eigenvalue weighted by atomic mass is 9.98. The number of nitrogens with one attached hydrogen (secondary N) is 1. The molecule has 1 unspecified atom stereocenters. The molecule has 2 N–H and O–H groups in total. The molecule has 11 nitrogen and oxygen atoms in total. The average Bonchev–Trinajstić information content (AvgIpc) is 3.55. The summed E-state index contributed by atoms with van der Waals surface area (Å²) in [6, 6.07) is 8.77. The van der Waals surface area contributed by atoms with Crippen LogP contribution in [-0.4, -0.2) is 59.4 Å². The van der Waals surface area contributed by atoms with Crippen molar-refractivity contribution in [3.05, 3.63) is 60.2 Å². The normalized spacial score (nSPS) is 18.2. The largest absolute Gasteiger partial charge is 0.373 e. The highest BCUT2D eigenvalue weighted by Crippen LogP contribution is 2.34. The summed E-state index contributed by atoms with van der Waals surface area (Å²) in [7, 11) is 3.51. The lowest BCUT2D eigenvalue weighted by molar-refractivity contribution is -0.144. The Balaban J connectivity index is 1.37. The number of aliphatic hydroxyl groups is 1. The first kappa shape index (κ1) is 20.8. The molecule has 0 spiro atoms. The molecule has 0 saturated carbocycles. The number of pyridine rings is 1. The van der Waals surface area contributed by atoms with Gasteiger partial charge in [0.05, 0.1) is 23.3 Å². The van der Waals surface area contributed by atoms with E-state index < -0.39 is 11.5 Å². The van der Waals surface area contributed by atoms with Crippen LogP contribution in [-0.2, 0) is 24.0 Å². The van der Waals surface area contributed by atoms with E-state index in [-0.39, 0.29) is 12.2 Å². The molecule has 1 aliphatic heterocycles. The second-order valence-corrected chi connectivity index (χ2v) is 7.96. The van der Waals surface area contributed by atoms with Crippen LogP contribution >= 0.6 is 0 Å². The SMILES string of the molecule is CN1CCC(O)(c2cc(-c3cccc(-c4ccnc(NCc5cnn(C)c5)n4)n3)no2)C1=O. The molecule has 0 aliphatic carbocycles. The first-order valence-corrected chi connectivity index (χ1v) is 10.4. The minimum atomic E-state index is -1.70. The van der Waals surface area contributed by atoms with Gasteiger partial charge in [-0.15, -0.1) is 0 Å². The second-order valence-electron chi connectivity index (χ2n) is 7.96. The Bertz CT molecular complexity index is 1320. The topological polar surface area (TPSA) is 135 Å². The summed E-state index contributed by atoms with van der Waals surface area (Å²) in [6.07, 6.45) is 5.61. The lowest BCUT2D eigenvalue weighted by Gasteiger charge is -2.16. The van der Waals surface area contributed by atoms with Gasteiger partial charge in [0.25, 0.3) is 5.91 Å². The third kappa shape index (κ3) is 3.94. The van der Waals surface area contributed by atoms with E-state index in [4.69, 9.17) is 4.52 Å². The molecular formula is C22H22N8O3. The lowest BCUT2D eigenvalue weighted by Crippen LogP contribution is -2.35. The van der Waals surface area contributed by atoms with E-state index in [0.29, 0.717) is 41.8 Å². The molecule has 4 aromatic heterocycles. The molecule has 1 amide bonds. The summed E-state index contributed by atoms with van der Waals surface area (Å²) in [4.78, 5) is 27.3. The first-order valence-electron chi connectivity index (χ1n) is 10.4. The number of amides is 1. The van der Waals surface area contributed by atoms with Crippen molar-refractivity contribution in [3.8, 4) is 22.8 Å². The van der Waals surface area contributed by atoms with Gasteiger partial charge in [-0.05, 0) is 18.2 Å². The van der Waals surface area contributed by atoms with Crippen LogP contribution in [0.25, 0.3) is 22.8 Å². The number of likely N-dealkylation sites (N-methyl/N-ethyl adjacent to an activating group) is 1. The molecule has 1 saturated heterocycles. The molecule has 0 bridgehead atoms. The smallest absolute Gasteiger partial charge is 0.262 e. The van der Waals surface area contributed by atoms with Gasteiger partial charge in [-0.2, -0.15) is 5.10 Å². The Morgan fingerprint density at radius 2 is 1.94 bits per heavy atom. The maximum absolute atomic E-state index is 12.3. The van der Waals surface area contributed by atoms with Crippen LogP contribution < -0.4 is 5.32 Å². The number of aromatic nitrogens is 6. The van der Waals surface area contributed by atoms with E-state index in [0.717, 1.165) is 5.56 Å². The van der Waals surface area contributed by atoms with E-state index in [1.165, 1.54) is 4.90 Å². The maximum atomic E-state index is 12.3. The van der Waals surface area contributed by atoms with Gasteiger partial charge in [-0.1, -0.05) is 11.2 Å². The van der Waals surface area contributed by atoms with Crippen LogP contribution in [0, 0.1) is 0 Å². The predicted molar refractivity (Wildman–Crippen MR) is 117 cm³/mol. The summed E-state index contributed by atoms with van der Waals surface area (Å²) >= 11 is 0. The third-order valence-electron chi connectivity index (χ3n) is 5.57. The van der Waals surface area contributed by atoms with Crippen molar-refractivity contribution in [2.24, 2.45) is 7.05 Å².